The van der Waals surface area contributed by atoms with Gasteiger partial charge in [-0.1, -0.05) is 0 Å². The highest BCUT2D eigenvalue weighted by Gasteiger charge is 2.61. The van der Waals surface area contributed by atoms with Crippen LogP contribution in [-0.2, 0) is 19.1 Å². The summed E-state index contributed by atoms with van der Waals surface area (Å²) in [5, 5.41) is 0. The van der Waals surface area contributed by atoms with Crippen molar-refractivity contribution in [1.82, 2.24) is 0 Å². The number of esters is 2. The van der Waals surface area contributed by atoms with E-state index in [1.54, 1.807) is 0 Å². The van der Waals surface area contributed by atoms with Crippen LogP contribution in [0, 0.1) is 11.8 Å². The van der Waals surface area contributed by atoms with Crippen LogP contribution in [0.25, 0.3) is 0 Å². The maximum atomic E-state index is 11.1. The van der Waals surface area contributed by atoms with E-state index in [2.05, 4.69) is 4.74 Å². The maximum absolute atomic E-state index is 11.1. The first-order valence-corrected chi connectivity index (χ1v) is 4.18. The molecule has 0 N–H and O–H groups in total. The lowest BCUT2D eigenvalue weighted by Crippen LogP contribution is -2.29. The number of ether oxygens (including phenoxy) is 2. The smallest absolute Gasteiger partial charge is 0.320 e. The van der Waals surface area contributed by atoms with Crippen molar-refractivity contribution in [3.05, 3.63) is 0 Å². The zero-order valence-electron chi connectivity index (χ0n) is 6.36. The van der Waals surface area contributed by atoms with Crippen molar-refractivity contribution in [3.63, 3.8) is 0 Å². The third-order valence-corrected chi connectivity index (χ3v) is 3.02. The van der Waals surface area contributed by atoms with Gasteiger partial charge in [0, 0.05) is 0 Å². The molecule has 0 aliphatic carbocycles. The first kappa shape index (κ1) is 6.60. The minimum atomic E-state index is -0.378. The van der Waals surface area contributed by atoms with Crippen LogP contribution in [0.3, 0.4) is 0 Å². The molecule has 0 aromatic carbocycles. The number of carbonyl (C=O) groups is 2. The minimum Gasteiger partial charge on any atom is -0.393 e. The number of cyclic esters (lactones) is 2. The summed E-state index contributed by atoms with van der Waals surface area (Å²) in [6, 6.07) is 0. The minimum absolute atomic E-state index is 0.0426. The van der Waals surface area contributed by atoms with Crippen molar-refractivity contribution in [2.24, 2.45) is 11.8 Å². The third-order valence-electron chi connectivity index (χ3n) is 3.02. The SMILES string of the molecule is O=C1OC(=O)[C@@H]2C3CCC(O3)C12. The average molecular weight is 168 g/mol. The Morgan fingerprint density at radius 1 is 1.00 bits per heavy atom. The second-order valence-electron chi connectivity index (χ2n) is 3.58. The van der Waals surface area contributed by atoms with Crippen LogP contribution in [0.15, 0.2) is 0 Å². The molecule has 2 bridgehead atoms. The van der Waals surface area contributed by atoms with Gasteiger partial charge < -0.3 is 9.47 Å². The molecule has 3 unspecified atom stereocenters. The van der Waals surface area contributed by atoms with Crippen LogP contribution >= 0.6 is 0 Å². The molecule has 3 aliphatic heterocycles. The highest BCUT2D eigenvalue weighted by molar-refractivity contribution is 5.97. The molecule has 0 aromatic rings. The van der Waals surface area contributed by atoms with E-state index < -0.39 is 0 Å². The summed E-state index contributed by atoms with van der Waals surface area (Å²) in [6.45, 7) is 0. The Balaban J connectivity index is 2.03. The number of hydrogen-bond acceptors (Lipinski definition) is 4. The molecule has 4 nitrogen and oxygen atoms in total. The first-order chi connectivity index (χ1) is 5.77. The van der Waals surface area contributed by atoms with Crippen LogP contribution in [0.5, 0.6) is 0 Å². The predicted octanol–water partition coefficient (Wildman–Crippen LogP) is -0.137. The van der Waals surface area contributed by atoms with Crippen LogP contribution < -0.4 is 0 Å². The maximum Gasteiger partial charge on any atom is 0.320 e. The van der Waals surface area contributed by atoms with Gasteiger partial charge >= 0.3 is 11.9 Å². The molecule has 3 fully saturated rings. The Kier molecular flexibility index (Phi) is 1.03. The molecule has 4 atom stereocenters. The number of carbonyl (C=O) groups excluding carboxylic acids is 2. The monoisotopic (exact) mass is 168 g/mol. The van der Waals surface area contributed by atoms with Crippen molar-refractivity contribution < 1.29 is 19.1 Å². The van der Waals surface area contributed by atoms with Gasteiger partial charge in [-0.25, -0.2) is 0 Å². The van der Waals surface area contributed by atoms with Crippen molar-refractivity contribution in [2.45, 2.75) is 25.0 Å². The van der Waals surface area contributed by atoms with E-state index in [0.717, 1.165) is 12.8 Å². The zero-order chi connectivity index (χ0) is 8.29. The second-order valence-corrected chi connectivity index (χ2v) is 3.58. The molecule has 3 saturated heterocycles. The fourth-order valence-electron chi connectivity index (χ4n) is 2.51. The standard InChI is InChI=1S/C8H8O4/c9-7-5-3-1-2-4(11-3)6(5)8(10)12-7/h3-6H,1-2H2/t3?,4?,5-,6?/m1/s1. The molecule has 12 heavy (non-hydrogen) atoms. The summed E-state index contributed by atoms with van der Waals surface area (Å²) in [4.78, 5) is 22.3. The second kappa shape index (κ2) is 1.88. The molecule has 0 saturated carbocycles. The number of rotatable bonds is 0. The van der Waals surface area contributed by atoms with Crippen molar-refractivity contribution in [3.8, 4) is 0 Å². The summed E-state index contributed by atoms with van der Waals surface area (Å²) in [5.74, 6) is -1.32. The van der Waals surface area contributed by atoms with E-state index >= 15 is 0 Å². The van der Waals surface area contributed by atoms with Gasteiger partial charge in [0.1, 0.15) is 0 Å². The molecular formula is C8H8O4. The predicted molar refractivity (Wildman–Crippen MR) is 36.0 cm³/mol. The fraction of sp³-hybridized carbons (Fsp3) is 0.750. The van der Waals surface area contributed by atoms with E-state index in [1.165, 1.54) is 0 Å². The van der Waals surface area contributed by atoms with E-state index in [9.17, 15) is 9.59 Å². The number of fused-ring (bicyclic) bond motifs is 5. The van der Waals surface area contributed by atoms with E-state index in [4.69, 9.17) is 4.74 Å². The van der Waals surface area contributed by atoms with E-state index in [1.807, 2.05) is 0 Å². The van der Waals surface area contributed by atoms with E-state index in [-0.39, 0.29) is 36.0 Å². The lowest BCUT2D eigenvalue weighted by atomic mass is 9.81. The van der Waals surface area contributed by atoms with Crippen LogP contribution in [0.1, 0.15) is 12.8 Å². The molecule has 0 spiro atoms. The summed E-state index contributed by atoms with van der Waals surface area (Å²) in [7, 11) is 0. The van der Waals surface area contributed by atoms with Gasteiger partial charge in [-0.05, 0) is 12.8 Å². The summed E-state index contributed by atoms with van der Waals surface area (Å²) in [5.41, 5.74) is 0. The molecular weight excluding hydrogens is 160 g/mol. The number of hydrogen-bond donors (Lipinski definition) is 0. The van der Waals surface area contributed by atoms with Gasteiger partial charge in [0.25, 0.3) is 0 Å². The lowest BCUT2D eigenvalue weighted by molar-refractivity contribution is -0.156. The average Bonchev–Trinajstić information content (AvgIpc) is 2.64. The first-order valence-electron chi connectivity index (χ1n) is 4.18. The lowest BCUT2D eigenvalue weighted by Gasteiger charge is -2.13. The molecule has 4 heteroatoms. The van der Waals surface area contributed by atoms with Crippen LogP contribution in [0.4, 0.5) is 0 Å². The molecule has 64 valence electrons. The third kappa shape index (κ3) is 0.579. The van der Waals surface area contributed by atoms with Gasteiger partial charge in [0.15, 0.2) is 0 Å². The highest BCUT2D eigenvalue weighted by atomic mass is 16.6. The largest absolute Gasteiger partial charge is 0.393 e. The van der Waals surface area contributed by atoms with Crippen molar-refractivity contribution >= 4 is 11.9 Å². The Morgan fingerprint density at radius 3 is 2.00 bits per heavy atom. The summed E-state index contributed by atoms with van der Waals surface area (Å²) < 4.78 is 10.0. The van der Waals surface area contributed by atoms with Crippen LogP contribution in [0.2, 0.25) is 0 Å². The fourth-order valence-corrected chi connectivity index (χ4v) is 2.51. The Bertz CT molecular complexity index is 246. The Hall–Kier alpha value is -0.900. The molecule has 3 heterocycles. The van der Waals surface area contributed by atoms with Crippen LogP contribution in [-0.4, -0.2) is 24.1 Å². The van der Waals surface area contributed by atoms with Gasteiger partial charge in [0.05, 0.1) is 24.0 Å². The van der Waals surface area contributed by atoms with Crippen molar-refractivity contribution in [2.75, 3.05) is 0 Å². The topological polar surface area (TPSA) is 52.6 Å². The summed E-state index contributed by atoms with van der Waals surface area (Å²) >= 11 is 0. The normalized spacial score (nSPS) is 49.7. The Morgan fingerprint density at radius 2 is 1.50 bits per heavy atom. The zero-order valence-corrected chi connectivity index (χ0v) is 6.36. The Labute approximate surface area is 68.8 Å². The van der Waals surface area contributed by atoms with Gasteiger partial charge in [-0.2, -0.15) is 0 Å². The van der Waals surface area contributed by atoms with Crippen molar-refractivity contribution in [1.29, 1.82) is 0 Å². The van der Waals surface area contributed by atoms with Gasteiger partial charge in [0.2, 0.25) is 0 Å². The molecule has 0 amide bonds. The molecule has 3 aliphatic rings. The summed E-state index contributed by atoms with van der Waals surface area (Å²) in [6.07, 6.45) is 1.71. The molecule has 0 aromatic heterocycles. The van der Waals surface area contributed by atoms with E-state index in [0.29, 0.717) is 0 Å². The highest BCUT2D eigenvalue weighted by Crippen LogP contribution is 2.47. The molecule has 0 radical (unpaired) electrons. The quantitative estimate of drug-likeness (QED) is 0.373. The molecule has 3 rings (SSSR count). The van der Waals surface area contributed by atoms with Gasteiger partial charge in [-0.3, -0.25) is 9.59 Å². The van der Waals surface area contributed by atoms with Gasteiger partial charge in [-0.15, -0.1) is 0 Å².